The van der Waals surface area contributed by atoms with E-state index in [1.54, 1.807) is 14.1 Å². The molecule has 4 nitrogen and oxygen atoms in total. The highest BCUT2D eigenvalue weighted by Gasteiger charge is 2.16. The molecule has 1 amide bonds. The summed E-state index contributed by atoms with van der Waals surface area (Å²) in [6, 6.07) is 0. The molecule has 0 aromatic carbocycles. The predicted octanol–water partition coefficient (Wildman–Crippen LogP) is -0.420. The Bertz CT molecular complexity index is 232. The van der Waals surface area contributed by atoms with E-state index in [0.717, 1.165) is 0 Å². The van der Waals surface area contributed by atoms with Gasteiger partial charge in [0.1, 0.15) is 11.6 Å². The van der Waals surface area contributed by atoms with Crippen LogP contribution in [0.15, 0.2) is 24.3 Å². The lowest BCUT2D eigenvalue weighted by atomic mass is 10.4. The van der Waals surface area contributed by atoms with Crippen molar-refractivity contribution in [2.45, 2.75) is 0 Å². The molecule has 0 saturated heterocycles. The van der Waals surface area contributed by atoms with Crippen LogP contribution in [0.5, 0.6) is 0 Å². The van der Waals surface area contributed by atoms with Crippen LogP contribution in [0.25, 0.3) is 0 Å². The molecule has 2 N–H and O–H groups in total. The Labute approximate surface area is 65.6 Å². The average Bonchev–Trinajstić information content (AvgIpc) is 1.99. The standard InChI is InChI=1S/C7H11N3O/c1-5-9-6(8-2)4-7(11)10(5)3/h4,8-9H,1H2,2-3H3. The lowest BCUT2D eigenvalue weighted by molar-refractivity contribution is -0.123. The summed E-state index contributed by atoms with van der Waals surface area (Å²) in [5.74, 6) is 1.19. The number of carbonyl (C=O) groups excluding carboxylic acids is 1. The van der Waals surface area contributed by atoms with Crippen molar-refractivity contribution in [1.82, 2.24) is 15.5 Å². The smallest absolute Gasteiger partial charge is 0.255 e. The van der Waals surface area contributed by atoms with E-state index in [0.29, 0.717) is 11.6 Å². The summed E-state index contributed by atoms with van der Waals surface area (Å²) in [6.07, 6.45) is 1.48. The van der Waals surface area contributed by atoms with Crippen LogP contribution >= 0.6 is 0 Å². The van der Waals surface area contributed by atoms with Gasteiger partial charge >= 0.3 is 0 Å². The van der Waals surface area contributed by atoms with Gasteiger partial charge in [-0.1, -0.05) is 6.58 Å². The average molecular weight is 153 g/mol. The minimum atomic E-state index is -0.0712. The fourth-order valence-corrected chi connectivity index (χ4v) is 0.763. The van der Waals surface area contributed by atoms with E-state index in [9.17, 15) is 4.79 Å². The van der Waals surface area contributed by atoms with E-state index in [2.05, 4.69) is 17.2 Å². The molecule has 60 valence electrons. The van der Waals surface area contributed by atoms with Gasteiger partial charge in [-0.3, -0.25) is 9.69 Å². The highest BCUT2D eigenvalue weighted by atomic mass is 16.2. The third kappa shape index (κ3) is 1.34. The molecule has 0 radical (unpaired) electrons. The largest absolute Gasteiger partial charge is 0.375 e. The molecule has 1 aliphatic rings. The number of rotatable bonds is 1. The van der Waals surface area contributed by atoms with Crippen LogP contribution in [0, 0.1) is 0 Å². The molecule has 11 heavy (non-hydrogen) atoms. The van der Waals surface area contributed by atoms with Crippen molar-refractivity contribution in [3.8, 4) is 0 Å². The van der Waals surface area contributed by atoms with Gasteiger partial charge in [-0.2, -0.15) is 0 Å². The van der Waals surface area contributed by atoms with Crippen molar-refractivity contribution < 1.29 is 4.79 Å². The van der Waals surface area contributed by atoms with Crippen molar-refractivity contribution >= 4 is 5.91 Å². The number of carbonyl (C=O) groups is 1. The van der Waals surface area contributed by atoms with E-state index in [1.807, 2.05) is 0 Å². The molecule has 0 fully saturated rings. The van der Waals surface area contributed by atoms with Crippen LogP contribution in [-0.4, -0.2) is 24.9 Å². The lowest BCUT2D eigenvalue weighted by Gasteiger charge is -2.25. The molecule has 0 aromatic rings. The van der Waals surface area contributed by atoms with Gasteiger partial charge in [-0.15, -0.1) is 0 Å². The second-order valence-electron chi connectivity index (χ2n) is 2.28. The van der Waals surface area contributed by atoms with Gasteiger partial charge < -0.3 is 10.6 Å². The molecular formula is C7H11N3O. The normalized spacial score (nSPS) is 17.6. The molecule has 0 aliphatic carbocycles. The molecule has 0 spiro atoms. The van der Waals surface area contributed by atoms with Gasteiger partial charge in [0.25, 0.3) is 5.91 Å². The van der Waals surface area contributed by atoms with Gasteiger partial charge in [-0.05, 0) is 0 Å². The van der Waals surface area contributed by atoms with Gasteiger partial charge in [-0.25, -0.2) is 0 Å². The van der Waals surface area contributed by atoms with Gasteiger partial charge in [0.2, 0.25) is 0 Å². The summed E-state index contributed by atoms with van der Waals surface area (Å²) < 4.78 is 0. The number of likely N-dealkylation sites (N-methyl/N-ethyl adjacent to an activating group) is 1. The minimum absolute atomic E-state index is 0.0712. The van der Waals surface area contributed by atoms with Gasteiger partial charge in [0.15, 0.2) is 0 Å². The third-order valence-corrected chi connectivity index (χ3v) is 1.55. The van der Waals surface area contributed by atoms with E-state index in [-0.39, 0.29) is 5.91 Å². The Balaban J connectivity index is 2.85. The van der Waals surface area contributed by atoms with Gasteiger partial charge in [0.05, 0.1) is 0 Å². The first-order valence-corrected chi connectivity index (χ1v) is 3.28. The monoisotopic (exact) mass is 153 g/mol. The molecule has 0 saturated carbocycles. The molecule has 1 aliphatic heterocycles. The Morgan fingerprint density at radius 2 is 2.36 bits per heavy atom. The van der Waals surface area contributed by atoms with Crippen molar-refractivity contribution in [3.63, 3.8) is 0 Å². The fraction of sp³-hybridized carbons (Fsp3) is 0.286. The zero-order chi connectivity index (χ0) is 8.43. The Kier molecular flexibility index (Phi) is 1.85. The second-order valence-corrected chi connectivity index (χ2v) is 2.28. The Morgan fingerprint density at radius 3 is 2.82 bits per heavy atom. The summed E-state index contributed by atoms with van der Waals surface area (Å²) in [5, 5.41) is 5.73. The van der Waals surface area contributed by atoms with Crippen molar-refractivity contribution in [1.29, 1.82) is 0 Å². The molecular weight excluding hydrogens is 142 g/mol. The summed E-state index contributed by atoms with van der Waals surface area (Å²) in [6.45, 7) is 3.66. The van der Waals surface area contributed by atoms with Crippen LogP contribution in [0.3, 0.4) is 0 Å². The highest BCUT2D eigenvalue weighted by Crippen LogP contribution is 2.04. The van der Waals surface area contributed by atoms with Crippen LogP contribution in [0.1, 0.15) is 0 Å². The first kappa shape index (κ1) is 7.65. The zero-order valence-electron chi connectivity index (χ0n) is 6.64. The molecule has 0 atom stereocenters. The third-order valence-electron chi connectivity index (χ3n) is 1.55. The number of hydrogen-bond acceptors (Lipinski definition) is 3. The zero-order valence-corrected chi connectivity index (χ0v) is 6.64. The van der Waals surface area contributed by atoms with Crippen LogP contribution in [0.4, 0.5) is 0 Å². The fourth-order valence-electron chi connectivity index (χ4n) is 0.763. The number of hydrogen-bond donors (Lipinski definition) is 2. The number of amides is 1. The van der Waals surface area contributed by atoms with Crippen LogP contribution in [-0.2, 0) is 4.79 Å². The lowest BCUT2D eigenvalue weighted by Crippen LogP contribution is -2.39. The summed E-state index contributed by atoms with van der Waals surface area (Å²) in [4.78, 5) is 12.5. The highest BCUT2D eigenvalue weighted by molar-refractivity contribution is 5.90. The first-order chi connectivity index (χ1) is 5.15. The minimum Gasteiger partial charge on any atom is -0.375 e. The second kappa shape index (κ2) is 2.65. The van der Waals surface area contributed by atoms with Crippen molar-refractivity contribution in [2.24, 2.45) is 0 Å². The Hall–Kier alpha value is -1.45. The van der Waals surface area contributed by atoms with Crippen molar-refractivity contribution in [3.05, 3.63) is 24.3 Å². The van der Waals surface area contributed by atoms with Crippen LogP contribution in [0.2, 0.25) is 0 Å². The van der Waals surface area contributed by atoms with E-state index in [4.69, 9.17) is 0 Å². The molecule has 1 rings (SSSR count). The predicted molar refractivity (Wildman–Crippen MR) is 42.2 cm³/mol. The number of nitrogens with one attached hydrogen (secondary N) is 2. The maximum atomic E-state index is 11.1. The molecule has 4 heteroatoms. The molecule has 1 heterocycles. The quantitative estimate of drug-likeness (QED) is 0.537. The SMILES string of the molecule is C=C1NC(NC)=CC(=O)N1C. The maximum absolute atomic E-state index is 11.1. The van der Waals surface area contributed by atoms with E-state index >= 15 is 0 Å². The molecule has 0 aromatic heterocycles. The summed E-state index contributed by atoms with van der Waals surface area (Å²) >= 11 is 0. The Morgan fingerprint density at radius 1 is 1.73 bits per heavy atom. The number of nitrogens with zero attached hydrogens (tertiary/aromatic N) is 1. The molecule has 0 unspecified atom stereocenters. The summed E-state index contributed by atoms with van der Waals surface area (Å²) in [5.41, 5.74) is 0. The van der Waals surface area contributed by atoms with E-state index in [1.165, 1.54) is 11.0 Å². The summed E-state index contributed by atoms with van der Waals surface area (Å²) in [7, 11) is 3.41. The topological polar surface area (TPSA) is 44.4 Å². The first-order valence-electron chi connectivity index (χ1n) is 3.28. The van der Waals surface area contributed by atoms with Gasteiger partial charge in [0, 0.05) is 20.2 Å². The maximum Gasteiger partial charge on any atom is 0.255 e. The molecule has 0 bridgehead atoms. The van der Waals surface area contributed by atoms with Crippen molar-refractivity contribution in [2.75, 3.05) is 14.1 Å². The van der Waals surface area contributed by atoms with E-state index < -0.39 is 0 Å². The van der Waals surface area contributed by atoms with Crippen LogP contribution < -0.4 is 10.6 Å².